The number of rotatable bonds is 8. The van der Waals surface area contributed by atoms with Gasteiger partial charge < -0.3 is 25.3 Å². The van der Waals surface area contributed by atoms with Crippen molar-refractivity contribution >= 4 is 23.6 Å². The number of carbonyl (C=O) groups is 3. The molecule has 2 aliphatic heterocycles. The van der Waals surface area contributed by atoms with Crippen molar-refractivity contribution in [2.75, 3.05) is 26.2 Å². The van der Waals surface area contributed by atoms with Crippen LogP contribution in [0, 0.1) is 22.6 Å². The summed E-state index contributed by atoms with van der Waals surface area (Å²) < 4.78 is 15.0. The molecule has 2 amide bonds. The van der Waals surface area contributed by atoms with E-state index in [0.717, 1.165) is 0 Å². The van der Waals surface area contributed by atoms with Crippen LogP contribution in [0.4, 0.5) is 4.39 Å². The molecular weight excluding hydrogens is 479 g/mol. The Morgan fingerprint density at radius 1 is 1.11 bits per heavy atom. The fraction of sp³-hybridized carbons (Fsp3) is 0.630. The van der Waals surface area contributed by atoms with Crippen molar-refractivity contribution in [1.29, 1.82) is 5.41 Å². The minimum atomic E-state index is -0.943. The number of likely N-dealkylation sites (tertiary alicyclic amines) is 2. The highest BCUT2D eigenvalue weighted by atomic mass is 19.1. The van der Waals surface area contributed by atoms with E-state index < -0.39 is 29.2 Å². The number of carboxylic acid groups (broad SMARTS) is 1. The van der Waals surface area contributed by atoms with Gasteiger partial charge in [-0.05, 0) is 64.0 Å². The third-order valence-electron chi connectivity index (χ3n) is 7.77. The van der Waals surface area contributed by atoms with Gasteiger partial charge in [0.15, 0.2) is 0 Å². The molecule has 0 saturated carbocycles. The third kappa shape index (κ3) is 6.85. The number of carboxylic acids is 1. The summed E-state index contributed by atoms with van der Waals surface area (Å²) in [6.45, 7) is 7.37. The van der Waals surface area contributed by atoms with Gasteiger partial charge in [0.25, 0.3) is 5.91 Å². The number of aliphatic hydroxyl groups is 1. The molecule has 1 atom stereocenters. The number of amides is 2. The SMILES string of the molecule is CC[C@@H](NC(=O)c1ccc(C(=N)N2CCC(O)CC2)cc1F)C(C)(C)C(=O)N1CCC(CC(=O)O)CC1. The van der Waals surface area contributed by atoms with Crippen LogP contribution in [0.1, 0.15) is 75.2 Å². The number of aliphatic hydroxyl groups excluding tert-OH is 1. The smallest absolute Gasteiger partial charge is 0.303 e. The lowest BCUT2D eigenvalue weighted by Gasteiger charge is -2.40. The zero-order valence-electron chi connectivity index (χ0n) is 21.9. The van der Waals surface area contributed by atoms with Crippen molar-refractivity contribution < 1.29 is 29.0 Å². The predicted molar refractivity (Wildman–Crippen MR) is 137 cm³/mol. The number of nitrogens with zero attached hydrogens (tertiary/aromatic N) is 2. The minimum absolute atomic E-state index is 0.0558. The molecule has 4 N–H and O–H groups in total. The minimum Gasteiger partial charge on any atom is -0.481 e. The van der Waals surface area contributed by atoms with Crippen molar-refractivity contribution in [2.24, 2.45) is 11.3 Å². The Kier molecular flexibility index (Phi) is 9.28. The first-order chi connectivity index (χ1) is 17.4. The molecule has 37 heavy (non-hydrogen) atoms. The summed E-state index contributed by atoms with van der Waals surface area (Å²) in [5.41, 5.74) is -0.734. The van der Waals surface area contributed by atoms with E-state index in [1.54, 1.807) is 29.7 Å². The first-order valence-electron chi connectivity index (χ1n) is 13.1. The molecule has 2 heterocycles. The van der Waals surface area contributed by atoms with Gasteiger partial charge in [0, 0.05) is 44.2 Å². The summed E-state index contributed by atoms with van der Waals surface area (Å²) >= 11 is 0. The molecule has 9 nitrogen and oxygen atoms in total. The molecule has 0 bridgehead atoms. The standard InChI is InChI=1S/C27H39FN4O5/c1-4-22(27(2,3)26(37)32-11-7-17(8-12-32)15-23(34)35)30-25(36)20-6-5-18(16-21(20)28)24(29)31-13-9-19(33)10-14-31/h5-6,16-17,19,22,29,33H,4,7-15H2,1-3H3,(H,30,36)(H,34,35)/t22-/m1/s1. The van der Waals surface area contributed by atoms with Gasteiger partial charge in [-0.1, -0.05) is 13.0 Å². The molecule has 1 aromatic rings. The van der Waals surface area contributed by atoms with Crippen LogP contribution >= 0.6 is 0 Å². The largest absolute Gasteiger partial charge is 0.481 e. The number of benzene rings is 1. The molecule has 0 spiro atoms. The zero-order valence-corrected chi connectivity index (χ0v) is 21.9. The number of halogens is 1. The number of hydrogen-bond donors (Lipinski definition) is 4. The van der Waals surface area contributed by atoms with E-state index in [1.807, 2.05) is 6.92 Å². The number of amidine groups is 1. The van der Waals surface area contributed by atoms with Crippen LogP contribution in [0.5, 0.6) is 0 Å². The van der Waals surface area contributed by atoms with Crippen LogP contribution in [0.3, 0.4) is 0 Å². The Morgan fingerprint density at radius 3 is 2.24 bits per heavy atom. The third-order valence-corrected chi connectivity index (χ3v) is 7.77. The van der Waals surface area contributed by atoms with E-state index in [-0.39, 0.29) is 35.7 Å². The Labute approximate surface area is 217 Å². The van der Waals surface area contributed by atoms with Crippen LogP contribution in [-0.2, 0) is 9.59 Å². The van der Waals surface area contributed by atoms with Gasteiger partial charge >= 0.3 is 5.97 Å². The highest BCUT2D eigenvalue weighted by Gasteiger charge is 2.41. The second kappa shape index (κ2) is 12.0. The summed E-state index contributed by atoms with van der Waals surface area (Å²) in [4.78, 5) is 40.9. The van der Waals surface area contributed by atoms with Gasteiger partial charge in [0.2, 0.25) is 5.91 Å². The normalized spacial score (nSPS) is 18.4. The van der Waals surface area contributed by atoms with E-state index in [2.05, 4.69) is 5.32 Å². The van der Waals surface area contributed by atoms with E-state index in [0.29, 0.717) is 63.8 Å². The molecule has 204 valence electrons. The molecule has 0 unspecified atom stereocenters. The predicted octanol–water partition coefficient (Wildman–Crippen LogP) is 2.86. The van der Waals surface area contributed by atoms with Crippen molar-refractivity contribution in [2.45, 2.75) is 71.4 Å². The quantitative estimate of drug-likeness (QED) is 0.309. The first kappa shape index (κ1) is 28.6. The molecule has 2 saturated heterocycles. The lowest BCUT2D eigenvalue weighted by atomic mass is 9.80. The van der Waals surface area contributed by atoms with Gasteiger partial charge in [-0.2, -0.15) is 0 Å². The summed E-state index contributed by atoms with van der Waals surface area (Å²) in [6.07, 6.45) is 2.55. The van der Waals surface area contributed by atoms with E-state index in [1.165, 1.54) is 12.1 Å². The van der Waals surface area contributed by atoms with Gasteiger partial charge in [-0.3, -0.25) is 19.8 Å². The first-order valence-corrected chi connectivity index (χ1v) is 13.1. The van der Waals surface area contributed by atoms with Gasteiger partial charge in [-0.15, -0.1) is 0 Å². The molecule has 0 aliphatic carbocycles. The van der Waals surface area contributed by atoms with Crippen LogP contribution < -0.4 is 5.32 Å². The Morgan fingerprint density at radius 2 is 1.70 bits per heavy atom. The molecular formula is C27H39FN4O5. The average molecular weight is 519 g/mol. The maximum atomic E-state index is 15.0. The highest BCUT2D eigenvalue weighted by Crippen LogP contribution is 2.30. The lowest BCUT2D eigenvalue weighted by Crippen LogP contribution is -2.54. The van der Waals surface area contributed by atoms with Crippen LogP contribution in [0.15, 0.2) is 18.2 Å². The van der Waals surface area contributed by atoms with E-state index >= 15 is 0 Å². The number of carbonyl (C=O) groups excluding carboxylic acids is 2. The number of nitrogens with one attached hydrogen (secondary N) is 2. The van der Waals surface area contributed by atoms with Crippen molar-refractivity contribution in [1.82, 2.24) is 15.1 Å². The monoisotopic (exact) mass is 518 g/mol. The molecule has 10 heteroatoms. The van der Waals surface area contributed by atoms with Crippen molar-refractivity contribution in [3.05, 3.63) is 35.1 Å². The molecule has 2 fully saturated rings. The molecule has 1 aromatic carbocycles. The summed E-state index contributed by atoms with van der Waals surface area (Å²) in [7, 11) is 0. The maximum absolute atomic E-state index is 15.0. The molecule has 0 radical (unpaired) electrons. The average Bonchev–Trinajstić information content (AvgIpc) is 2.86. The maximum Gasteiger partial charge on any atom is 0.303 e. The fourth-order valence-electron chi connectivity index (χ4n) is 5.29. The molecule has 0 aromatic heterocycles. The van der Waals surface area contributed by atoms with Crippen molar-refractivity contribution in [3.8, 4) is 0 Å². The van der Waals surface area contributed by atoms with Crippen LogP contribution in [-0.4, -0.2) is 82.0 Å². The topological polar surface area (TPSA) is 134 Å². The van der Waals surface area contributed by atoms with Crippen LogP contribution in [0.2, 0.25) is 0 Å². The summed E-state index contributed by atoms with van der Waals surface area (Å²) in [5.74, 6) is -2.10. The number of aliphatic carboxylic acids is 1. The molecule has 3 rings (SSSR count). The Bertz CT molecular complexity index is 1010. The Balaban J connectivity index is 1.64. The van der Waals surface area contributed by atoms with E-state index in [4.69, 9.17) is 10.5 Å². The fourth-order valence-corrected chi connectivity index (χ4v) is 5.29. The van der Waals surface area contributed by atoms with Crippen molar-refractivity contribution in [3.63, 3.8) is 0 Å². The summed E-state index contributed by atoms with van der Waals surface area (Å²) in [5, 5.41) is 29.9. The second-order valence-electron chi connectivity index (χ2n) is 10.8. The van der Waals surface area contributed by atoms with Gasteiger partial charge in [-0.25, -0.2) is 4.39 Å². The number of piperidine rings is 2. The second-order valence-corrected chi connectivity index (χ2v) is 10.8. The van der Waals surface area contributed by atoms with Gasteiger partial charge in [0.1, 0.15) is 11.7 Å². The Hall–Kier alpha value is -3.01. The zero-order chi connectivity index (χ0) is 27.3. The lowest BCUT2D eigenvalue weighted by molar-refractivity contribution is -0.143. The number of hydrogen-bond acceptors (Lipinski definition) is 5. The molecule has 2 aliphatic rings. The van der Waals surface area contributed by atoms with E-state index in [9.17, 15) is 23.9 Å². The van der Waals surface area contributed by atoms with Gasteiger partial charge in [0.05, 0.1) is 17.1 Å². The van der Waals surface area contributed by atoms with Crippen LogP contribution in [0.25, 0.3) is 0 Å². The summed E-state index contributed by atoms with van der Waals surface area (Å²) in [6, 6.07) is 3.55. The highest BCUT2D eigenvalue weighted by molar-refractivity contribution is 5.99.